The number of nitrogens with two attached hydrogens (primary N) is 1. The monoisotopic (exact) mass is 265 g/mol. The van der Waals surface area contributed by atoms with Crippen molar-refractivity contribution in [3.63, 3.8) is 0 Å². The maximum Gasteiger partial charge on any atom is 0.228 e. The summed E-state index contributed by atoms with van der Waals surface area (Å²) in [4.78, 5) is 4.37. The molecule has 2 rings (SSSR count). The van der Waals surface area contributed by atoms with Crippen LogP contribution in [-0.4, -0.2) is 16.2 Å². The third kappa shape index (κ3) is 3.65. The molecule has 0 amide bonds. The molecule has 0 bridgehead atoms. The largest absolute Gasteiger partial charge is 0.339 e. The molecule has 2 N–H and O–H groups in total. The number of rotatable bonds is 4. The summed E-state index contributed by atoms with van der Waals surface area (Å²) in [6, 6.07) is 2.04. The highest BCUT2D eigenvalue weighted by Gasteiger charge is 2.18. The van der Waals surface area contributed by atoms with Crippen molar-refractivity contribution in [1.29, 1.82) is 0 Å². The van der Waals surface area contributed by atoms with Crippen molar-refractivity contribution in [2.24, 2.45) is 11.1 Å². The fourth-order valence-electron chi connectivity index (χ4n) is 1.93. The van der Waals surface area contributed by atoms with Crippen molar-refractivity contribution in [2.75, 3.05) is 0 Å². The van der Waals surface area contributed by atoms with Crippen LogP contribution in [0.4, 0.5) is 0 Å². The Morgan fingerprint density at radius 3 is 2.83 bits per heavy atom. The van der Waals surface area contributed by atoms with E-state index in [-0.39, 0.29) is 11.5 Å². The molecule has 18 heavy (non-hydrogen) atoms. The minimum absolute atomic E-state index is 0.0563. The van der Waals surface area contributed by atoms with Gasteiger partial charge in [-0.2, -0.15) is 16.3 Å². The molecule has 4 nitrogen and oxygen atoms in total. The molecular weight excluding hydrogens is 246 g/mol. The van der Waals surface area contributed by atoms with Crippen molar-refractivity contribution >= 4 is 11.3 Å². The second kappa shape index (κ2) is 5.20. The molecule has 2 aromatic heterocycles. The molecule has 2 aromatic rings. The number of hydrogen-bond acceptors (Lipinski definition) is 5. The van der Waals surface area contributed by atoms with Crippen LogP contribution in [0.25, 0.3) is 11.4 Å². The molecule has 0 saturated heterocycles. The van der Waals surface area contributed by atoms with Gasteiger partial charge in [0.2, 0.25) is 11.7 Å². The summed E-state index contributed by atoms with van der Waals surface area (Å²) in [5.41, 5.74) is 7.31. The van der Waals surface area contributed by atoms with E-state index in [2.05, 4.69) is 30.9 Å². The second-order valence-corrected chi connectivity index (χ2v) is 6.53. The first-order valence-corrected chi connectivity index (χ1v) is 6.99. The van der Waals surface area contributed by atoms with Gasteiger partial charge in [-0.15, -0.1) is 0 Å². The summed E-state index contributed by atoms with van der Waals surface area (Å²) in [6.45, 7) is 6.53. The van der Waals surface area contributed by atoms with Crippen LogP contribution >= 0.6 is 11.3 Å². The molecule has 0 aromatic carbocycles. The molecule has 2 heterocycles. The minimum atomic E-state index is 0.0563. The van der Waals surface area contributed by atoms with Gasteiger partial charge in [-0.1, -0.05) is 25.9 Å². The van der Waals surface area contributed by atoms with E-state index in [0.717, 1.165) is 12.0 Å². The molecular formula is C13H19N3OS. The Hall–Kier alpha value is -1.20. The average molecular weight is 265 g/mol. The lowest BCUT2D eigenvalue weighted by Gasteiger charge is -2.21. The standard InChI is InChI=1S/C13H19N3OS/c1-13(2,3)7-10(14)6-11-15-12(16-17-11)9-4-5-18-8-9/h4-5,8,10H,6-7,14H2,1-3H3. The molecule has 98 valence electrons. The van der Waals surface area contributed by atoms with Crippen LogP contribution in [0.5, 0.6) is 0 Å². The normalized spacial score (nSPS) is 13.8. The van der Waals surface area contributed by atoms with Crippen LogP contribution in [0, 0.1) is 5.41 Å². The summed E-state index contributed by atoms with van der Waals surface area (Å²) in [5.74, 6) is 1.27. The Balaban J connectivity index is 1.99. The van der Waals surface area contributed by atoms with E-state index in [1.165, 1.54) is 0 Å². The van der Waals surface area contributed by atoms with Gasteiger partial charge in [0.1, 0.15) is 0 Å². The Kier molecular flexibility index (Phi) is 3.82. The fourth-order valence-corrected chi connectivity index (χ4v) is 2.56. The molecule has 1 atom stereocenters. The lowest BCUT2D eigenvalue weighted by Crippen LogP contribution is -2.28. The molecule has 1 unspecified atom stereocenters. The first-order valence-electron chi connectivity index (χ1n) is 6.05. The molecule has 0 fully saturated rings. The predicted molar refractivity (Wildman–Crippen MR) is 73.4 cm³/mol. The summed E-state index contributed by atoms with van der Waals surface area (Å²) >= 11 is 1.62. The van der Waals surface area contributed by atoms with Crippen molar-refractivity contribution in [3.8, 4) is 11.4 Å². The fraction of sp³-hybridized carbons (Fsp3) is 0.538. The molecule has 0 aliphatic heterocycles. The summed E-state index contributed by atoms with van der Waals surface area (Å²) in [6.07, 6.45) is 1.57. The number of nitrogens with zero attached hydrogens (tertiary/aromatic N) is 2. The topological polar surface area (TPSA) is 64.9 Å². The third-order valence-corrected chi connectivity index (χ3v) is 3.24. The van der Waals surface area contributed by atoms with Crippen LogP contribution in [0.2, 0.25) is 0 Å². The van der Waals surface area contributed by atoms with E-state index in [4.69, 9.17) is 10.3 Å². The highest BCUT2D eigenvalue weighted by Crippen LogP contribution is 2.22. The lowest BCUT2D eigenvalue weighted by atomic mass is 9.87. The van der Waals surface area contributed by atoms with Gasteiger partial charge >= 0.3 is 0 Å². The summed E-state index contributed by atoms with van der Waals surface area (Å²) in [5, 5.41) is 7.97. The van der Waals surface area contributed by atoms with E-state index in [9.17, 15) is 0 Å². The van der Waals surface area contributed by atoms with Gasteiger partial charge < -0.3 is 10.3 Å². The van der Waals surface area contributed by atoms with E-state index in [0.29, 0.717) is 18.1 Å². The zero-order chi connectivity index (χ0) is 13.2. The first-order chi connectivity index (χ1) is 8.44. The number of aromatic nitrogens is 2. The van der Waals surface area contributed by atoms with Crippen molar-refractivity contribution in [2.45, 2.75) is 39.7 Å². The molecule has 0 spiro atoms. The van der Waals surface area contributed by atoms with E-state index >= 15 is 0 Å². The quantitative estimate of drug-likeness (QED) is 0.922. The van der Waals surface area contributed by atoms with Crippen molar-refractivity contribution < 1.29 is 4.52 Å². The Bertz CT molecular complexity index is 485. The van der Waals surface area contributed by atoms with Gasteiger partial charge in [-0.05, 0) is 23.3 Å². The van der Waals surface area contributed by atoms with Gasteiger partial charge in [0.25, 0.3) is 0 Å². The number of thiophene rings is 1. The van der Waals surface area contributed by atoms with E-state index in [1.807, 2.05) is 16.8 Å². The molecule has 0 saturated carbocycles. The number of hydrogen-bond donors (Lipinski definition) is 1. The molecule has 0 aliphatic rings. The van der Waals surface area contributed by atoms with Gasteiger partial charge in [0.05, 0.1) is 0 Å². The minimum Gasteiger partial charge on any atom is -0.339 e. The molecule has 5 heteroatoms. The summed E-state index contributed by atoms with van der Waals surface area (Å²) < 4.78 is 5.24. The zero-order valence-electron chi connectivity index (χ0n) is 11.0. The van der Waals surface area contributed by atoms with Crippen LogP contribution in [0.1, 0.15) is 33.1 Å². The van der Waals surface area contributed by atoms with Gasteiger partial charge in [0, 0.05) is 23.4 Å². The Labute approximate surface area is 111 Å². The van der Waals surface area contributed by atoms with Gasteiger partial charge in [-0.25, -0.2) is 0 Å². The smallest absolute Gasteiger partial charge is 0.228 e. The lowest BCUT2D eigenvalue weighted by molar-refractivity contribution is 0.313. The highest BCUT2D eigenvalue weighted by molar-refractivity contribution is 7.08. The predicted octanol–water partition coefficient (Wildman–Crippen LogP) is 3.10. The van der Waals surface area contributed by atoms with Crippen LogP contribution in [0.15, 0.2) is 21.3 Å². The van der Waals surface area contributed by atoms with E-state index < -0.39 is 0 Å². The molecule has 0 radical (unpaired) electrons. The Morgan fingerprint density at radius 1 is 1.44 bits per heavy atom. The van der Waals surface area contributed by atoms with Crippen LogP contribution < -0.4 is 5.73 Å². The molecule has 0 aliphatic carbocycles. The zero-order valence-corrected chi connectivity index (χ0v) is 11.8. The van der Waals surface area contributed by atoms with Gasteiger partial charge in [0.15, 0.2) is 0 Å². The SMILES string of the molecule is CC(C)(C)CC(N)Cc1nc(-c2ccsc2)no1. The average Bonchev–Trinajstić information content (AvgIpc) is 2.82. The Morgan fingerprint density at radius 2 is 2.22 bits per heavy atom. The van der Waals surface area contributed by atoms with Gasteiger partial charge in [-0.3, -0.25) is 0 Å². The second-order valence-electron chi connectivity index (χ2n) is 5.75. The van der Waals surface area contributed by atoms with Crippen LogP contribution in [0.3, 0.4) is 0 Å². The highest BCUT2D eigenvalue weighted by atomic mass is 32.1. The third-order valence-electron chi connectivity index (χ3n) is 2.56. The van der Waals surface area contributed by atoms with E-state index in [1.54, 1.807) is 11.3 Å². The maximum atomic E-state index is 6.09. The summed E-state index contributed by atoms with van der Waals surface area (Å²) in [7, 11) is 0. The van der Waals surface area contributed by atoms with Crippen molar-refractivity contribution in [1.82, 2.24) is 10.1 Å². The first kappa shape index (κ1) is 13.2. The maximum absolute atomic E-state index is 6.09. The van der Waals surface area contributed by atoms with Crippen molar-refractivity contribution in [3.05, 3.63) is 22.7 Å². The van der Waals surface area contributed by atoms with Crippen LogP contribution in [-0.2, 0) is 6.42 Å².